The van der Waals surface area contributed by atoms with Gasteiger partial charge in [-0.15, -0.1) is 0 Å². The van der Waals surface area contributed by atoms with Crippen molar-refractivity contribution in [2.45, 2.75) is 74.2 Å². The number of aliphatic hydroxyl groups is 1. The Morgan fingerprint density at radius 2 is 1.35 bits per heavy atom. The summed E-state index contributed by atoms with van der Waals surface area (Å²) in [6.45, 7) is 9.24. The summed E-state index contributed by atoms with van der Waals surface area (Å²) in [5, 5.41) is 12.9. The molecule has 1 spiro atoms. The second-order valence-corrected chi connectivity index (χ2v) is 14.3. The standard InChI is InChI=1S/C38H61NO12/c1-41-12-14-43-16-17-44-18-19-45-20-21-46-22-23-47-24-25-49-32-8-9-38(40)33-26-30-6-7-31(50-28-48-15-13-42-2)35-34(30)37(38,36(32)51-35)10-11-39(33)27-29-4-3-5-29/h6-7,29,32-33,36,40H,3-5,8-28H2,1-2H3/t32?,33-,36+,37+,38-/m1/s1. The lowest BCUT2D eigenvalue weighted by Gasteiger charge is -2.64. The van der Waals surface area contributed by atoms with Crippen molar-refractivity contribution >= 4 is 0 Å². The molecule has 13 heteroatoms. The zero-order chi connectivity index (χ0) is 35.4. The molecule has 0 aromatic heterocycles. The number of benzene rings is 1. The molecule has 0 amide bonds. The molecule has 1 aromatic rings. The van der Waals surface area contributed by atoms with E-state index < -0.39 is 11.0 Å². The van der Waals surface area contributed by atoms with E-state index in [9.17, 15) is 5.11 Å². The van der Waals surface area contributed by atoms with Gasteiger partial charge in [0.25, 0.3) is 0 Å². The van der Waals surface area contributed by atoms with E-state index in [1.54, 1.807) is 14.2 Å². The Balaban J connectivity index is 0.959. The summed E-state index contributed by atoms with van der Waals surface area (Å²) >= 11 is 0. The molecular formula is C38H61NO12. The van der Waals surface area contributed by atoms with Crippen LogP contribution < -0.4 is 9.47 Å². The van der Waals surface area contributed by atoms with Crippen LogP contribution in [0, 0.1) is 5.92 Å². The van der Waals surface area contributed by atoms with E-state index in [1.165, 1.54) is 24.8 Å². The summed E-state index contributed by atoms with van der Waals surface area (Å²) in [7, 11) is 3.30. The first-order valence-corrected chi connectivity index (χ1v) is 19.1. The molecule has 5 atom stereocenters. The maximum Gasteiger partial charge on any atom is 0.189 e. The first kappa shape index (κ1) is 39.1. The largest absolute Gasteiger partial charge is 0.482 e. The van der Waals surface area contributed by atoms with Crippen molar-refractivity contribution < 1.29 is 57.2 Å². The van der Waals surface area contributed by atoms with Crippen LogP contribution in [-0.4, -0.2) is 160 Å². The highest BCUT2D eigenvalue weighted by Crippen LogP contribution is 2.66. The summed E-state index contributed by atoms with van der Waals surface area (Å²) < 4.78 is 63.1. The van der Waals surface area contributed by atoms with Gasteiger partial charge in [0.2, 0.25) is 0 Å². The number of likely N-dealkylation sites (tertiary alicyclic amines) is 1. The van der Waals surface area contributed by atoms with Crippen LogP contribution >= 0.6 is 0 Å². The monoisotopic (exact) mass is 723 g/mol. The molecular weight excluding hydrogens is 662 g/mol. The third-order valence-electron chi connectivity index (χ3n) is 11.4. The van der Waals surface area contributed by atoms with Crippen molar-refractivity contribution in [2.75, 3.05) is 127 Å². The van der Waals surface area contributed by atoms with Crippen LogP contribution in [0.4, 0.5) is 0 Å². The zero-order valence-electron chi connectivity index (χ0n) is 30.8. The zero-order valence-corrected chi connectivity index (χ0v) is 30.8. The summed E-state index contributed by atoms with van der Waals surface area (Å²) in [4.78, 5) is 2.60. The second-order valence-electron chi connectivity index (χ2n) is 14.3. The maximum absolute atomic E-state index is 12.9. The van der Waals surface area contributed by atoms with E-state index in [0.717, 1.165) is 49.6 Å². The van der Waals surface area contributed by atoms with Crippen LogP contribution in [-0.2, 0) is 54.5 Å². The molecule has 5 aliphatic rings. The topological polar surface area (TPSA) is 125 Å². The van der Waals surface area contributed by atoms with Gasteiger partial charge < -0.3 is 57.2 Å². The molecule has 1 N–H and O–H groups in total. The van der Waals surface area contributed by atoms with Gasteiger partial charge in [-0.2, -0.15) is 0 Å². The molecule has 2 bridgehead atoms. The third-order valence-corrected chi connectivity index (χ3v) is 11.4. The Hall–Kier alpha value is -1.62. The number of methoxy groups -OCH3 is 2. The van der Waals surface area contributed by atoms with Gasteiger partial charge in [0, 0.05) is 32.4 Å². The predicted octanol–water partition coefficient (Wildman–Crippen LogP) is 2.75. The van der Waals surface area contributed by atoms with Gasteiger partial charge in [0.05, 0.1) is 110 Å². The summed E-state index contributed by atoms with van der Waals surface area (Å²) in [6.07, 6.45) is 6.52. The van der Waals surface area contributed by atoms with Crippen LogP contribution in [0.25, 0.3) is 0 Å². The minimum atomic E-state index is -0.894. The molecule has 2 heterocycles. The van der Waals surface area contributed by atoms with Gasteiger partial charge in [-0.1, -0.05) is 12.5 Å². The lowest BCUT2D eigenvalue weighted by Crippen LogP contribution is -2.77. The lowest BCUT2D eigenvalue weighted by atomic mass is 9.48. The van der Waals surface area contributed by atoms with Crippen LogP contribution in [0.15, 0.2) is 12.1 Å². The molecule has 2 saturated carbocycles. The first-order valence-electron chi connectivity index (χ1n) is 19.1. The van der Waals surface area contributed by atoms with Gasteiger partial charge in [0.1, 0.15) is 6.10 Å². The molecule has 1 unspecified atom stereocenters. The fraction of sp³-hybridized carbons (Fsp3) is 0.842. The molecule has 3 fully saturated rings. The van der Waals surface area contributed by atoms with Gasteiger partial charge in [-0.3, -0.25) is 4.90 Å². The number of hydrogen-bond donors (Lipinski definition) is 1. The molecule has 6 rings (SSSR count). The summed E-state index contributed by atoms with van der Waals surface area (Å²) in [6, 6.07) is 4.26. The average Bonchev–Trinajstić information content (AvgIpc) is 3.47. The fourth-order valence-corrected chi connectivity index (χ4v) is 8.77. The highest BCUT2D eigenvalue weighted by Gasteiger charge is 2.73. The normalized spacial score (nSPS) is 28.0. The highest BCUT2D eigenvalue weighted by molar-refractivity contribution is 5.63. The Morgan fingerprint density at radius 1 is 0.745 bits per heavy atom. The van der Waals surface area contributed by atoms with Crippen LogP contribution in [0.3, 0.4) is 0 Å². The van der Waals surface area contributed by atoms with E-state index in [2.05, 4.69) is 11.0 Å². The SMILES string of the molecule is COCCOCCOCCOCCOCCOCCOC1CC[C@@]2(O)[C@H]3Cc4ccc(OCOCCOC)c5c4[C@@]2(CCN3CC2CCC2)[C@H]1O5. The second kappa shape index (κ2) is 19.6. The van der Waals surface area contributed by atoms with E-state index in [4.69, 9.17) is 52.1 Å². The number of piperidine rings is 1. The van der Waals surface area contributed by atoms with Gasteiger partial charge in [-0.25, -0.2) is 0 Å². The number of rotatable bonds is 27. The van der Waals surface area contributed by atoms with E-state index >= 15 is 0 Å². The van der Waals surface area contributed by atoms with E-state index in [-0.39, 0.29) is 25.0 Å². The van der Waals surface area contributed by atoms with Crippen molar-refractivity contribution in [2.24, 2.45) is 5.92 Å². The first-order chi connectivity index (χ1) is 25.1. The molecule has 0 radical (unpaired) electrons. The Morgan fingerprint density at radius 3 is 1.96 bits per heavy atom. The third kappa shape index (κ3) is 9.03. The van der Waals surface area contributed by atoms with Gasteiger partial charge in [-0.05, 0) is 62.6 Å². The highest BCUT2D eigenvalue weighted by atomic mass is 16.7. The van der Waals surface area contributed by atoms with Gasteiger partial charge >= 0.3 is 0 Å². The van der Waals surface area contributed by atoms with Crippen molar-refractivity contribution in [3.8, 4) is 11.5 Å². The quantitative estimate of drug-likeness (QED) is 0.106. The Kier molecular flexibility index (Phi) is 15.0. The van der Waals surface area contributed by atoms with Crippen LogP contribution in [0.5, 0.6) is 11.5 Å². The molecule has 1 saturated heterocycles. The number of ether oxygens (including phenoxy) is 11. The predicted molar refractivity (Wildman–Crippen MR) is 187 cm³/mol. The average molecular weight is 724 g/mol. The van der Waals surface area contributed by atoms with Crippen molar-refractivity contribution in [3.63, 3.8) is 0 Å². The molecule has 1 aromatic carbocycles. The summed E-state index contributed by atoms with van der Waals surface area (Å²) in [5.74, 6) is 2.16. The Labute approximate surface area is 303 Å². The number of nitrogens with zero attached hydrogens (tertiary/aromatic N) is 1. The smallest absolute Gasteiger partial charge is 0.189 e. The molecule has 2 aliphatic heterocycles. The molecule has 51 heavy (non-hydrogen) atoms. The Bertz CT molecular complexity index is 1190. The van der Waals surface area contributed by atoms with Crippen molar-refractivity contribution in [3.05, 3.63) is 23.3 Å². The fourth-order valence-electron chi connectivity index (χ4n) is 8.77. The van der Waals surface area contributed by atoms with Crippen molar-refractivity contribution in [1.29, 1.82) is 0 Å². The van der Waals surface area contributed by atoms with Gasteiger partial charge in [0.15, 0.2) is 18.3 Å². The van der Waals surface area contributed by atoms with E-state index in [1.807, 2.05) is 6.07 Å². The maximum atomic E-state index is 12.9. The van der Waals surface area contributed by atoms with Crippen molar-refractivity contribution in [1.82, 2.24) is 4.90 Å². The summed E-state index contributed by atoms with van der Waals surface area (Å²) in [5.41, 5.74) is 0.951. The molecule has 290 valence electrons. The van der Waals surface area contributed by atoms with E-state index in [0.29, 0.717) is 105 Å². The van der Waals surface area contributed by atoms with Crippen LogP contribution in [0.2, 0.25) is 0 Å². The molecule has 13 nitrogen and oxygen atoms in total. The molecule has 3 aliphatic carbocycles. The minimum absolute atomic E-state index is 0.0695. The van der Waals surface area contributed by atoms with Crippen LogP contribution in [0.1, 0.15) is 49.7 Å². The minimum Gasteiger partial charge on any atom is -0.482 e. The number of hydrogen-bond acceptors (Lipinski definition) is 13. The lowest BCUT2D eigenvalue weighted by molar-refractivity contribution is -0.218.